The highest BCUT2D eigenvalue weighted by molar-refractivity contribution is 6.32. The summed E-state index contributed by atoms with van der Waals surface area (Å²) in [4.78, 5) is 25.3. The Bertz CT molecular complexity index is 683. The number of fused-ring (bicyclic) bond motifs is 1. The molecule has 2 aliphatic rings. The van der Waals surface area contributed by atoms with Crippen LogP contribution in [0.3, 0.4) is 0 Å². The number of hydrogen-bond donors (Lipinski definition) is 1. The van der Waals surface area contributed by atoms with Gasteiger partial charge in [-0.1, -0.05) is 24.4 Å². The van der Waals surface area contributed by atoms with E-state index in [9.17, 15) is 9.59 Å². The molecule has 1 aromatic rings. The topological polar surface area (TPSA) is 81.9 Å². The number of amides is 2. The fraction of sp³-hybridized carbons (Fsp3) is 0.412. The molecule has 0 spiro atoms. The summed E-state index contributed by atoms with van der Waals surface area (Å²) in [6, 6.07) is 3.54. The molecule has 0 atom stereocenters. The first-order valence-electron chi connectivity index (χ1n) is 7.90. The van der Waals surface area contributed by atoms with Gasteiger partial charge in [-0.2, -0.15) is 0 Å². The van der Waals surface area contributed by atoms with Crippen LogP contribution in [0.4, 0.5) is 0 Å². The second-order valence-corrected chi connectivity index (χ2v) is 6.35. The van der Waals surface area contributed by atoms with E-state index in [2.05, 4.69) is 0 Å². The van der Waals surface area contributed by atoms with Crippen molar-refractivity contribution in [2.24, 2.45) is 5.73 Å². The van der Waals surface area contributed by atoms with E-state index < -0.39 is 5.91 Å². The molecule has 1 saturated carbocycles. The molecule has 0 unspecified atom stereocenters. The van der Waals surface area contributed by atoms with Crippen molar-refractivity contribution in [2.75, 3.05) is 13.3 Å². The number of benzene rings is 1. The van der Waals surface area contributed by atoms with Gasteiger partial charge in [-0.25, -0.2) is 0 Å². The third-order valence-electron chi connectivity index (χ3n) is 4.24. The van der Waals surface area contributed by atoms with Crippen molar-refractivity contribution < 1.29 is 19.1 Å². The minimum Gasteiger partial charge on any atom is -0.454 e. The van der Waals surface area contributed by atoms with Crippen LogP contribution in [-0.4, -0.2) is 36.1 Å². The Labute approximate surface area is 145 Å². The summed E-state index contributed by atoms with van der Waals surface area (Å²) in [6.45, 7) is 0.0744. The summed E-state index contributed by atoms with van der Waals surface area (Å²) >= 11 is 6.13. The van der Waals surface area contributed by atoms with E-state index in [0.29, 0.717) is 16.5 Å². The lowest BCUT2D eigenvalue weighted by Gasteiger charge is -2.26. The number of hydrogen-bond acceptors (Lipinski definition) is 4. The van der Waals surface area contributed by atoms with Crippen LogP contribution in [0.25, 0.3) is 6.08 Å². The normalized spacial score (nSPS) is 16.7. The summed E-state index contributed by atoms with van der Waals surface area (Å²) in [5.41, 5.74) is 6.01. The molecule has 1 aliphatic heterocycles. The Morgan fingerprint density at radius 2 is 2.04 bits per heavy atom. The lowest BCUT2D eigenvalue weighted by atomic mass is 10.1. The molecule has 24 heavy (non-hydrogen) atoms. The van der Waals surface area contributed by atoms with Gasteiger partial charge in [0.15, 0.2) is 11.5 Å². The van der Waals surface area contributed by atoms with Gasteiger partial charge in [-0.3, -0.25) is 9.59 Å². The number of carbonyl (C=O) groups excluding carboxylic acids is 2. The zero-order chi connectivity index (χ0) is 17.1. The predicted molar refractivity (Wildman–Crippen MR) is 89.8 cm³/mol. The van der Waals surface area contributed by atoms with E-state index in [1.165, 1.54) is 6.08 Å². The second kappa shape index (κ2) is 7.13. The molecule has 1 heterocycles. The summed E-state index contributed by atoms with van der Waals surface area (Å²) < 4.78 is 10.6. The van der Waals surface area contributed by atoms with Crippen molar-refractivity contribution in [3.8, 4) is 11.5 Å². The fourth-order valence-electron chi connectivity index (χ4n) is 3.12. The molecule has 0 bridgehead atoms. The van der Waals surface area contributed by atoms with E-state index in [1.807, 2.05) is 0 Å². The molecule has 3 rings (SSSR count). The molecule has 2 amide bonds. The maximum Gasteiger partial charge on any atom is 0.247 e. The molecular formula is C17H19ClN2O4. The van der Waals surface area contributed by atoms with Gasteiger partial charge < -0.3 is 20.1 Å². The first-order valence-corrected chi connectivity index (χ1v) is 8.28. The molecule has 0 saturated heterocycles. The zero-order valence-electron chi connectivity index (χ0n) is 13.2. The van der Waals surface area contributed by atoms with Gasteiger partial charge in [0.25, 0.3) is 0 Å². The Kier molecular flexibility index (Phi) is 4.94. The van der Waals surface area contributed by atoms with Gasteiger partial charge in [0, 0.05) is 12.1 Å². The third kappa shape index (κ3) is 3.64. The van der Waals surface area contributed by atoms with Crippen molar-refractivity contribution in [3.63, 3.8) is 0 Å². The monoisotopic (exact) mass is 350 g/mol. The van der Waals surface area contributed by atoms with Crippen molar-refractivity contribution in [1.82, 2.24) is 4.90 Å². The van der Waals surface area contributed by atoms with E-state index in [0.717, 1.165) is 31.2 Å². The van der Waals surface area contributed by atoms with E-state index in [-0.39, 0.29) is 25.3 Å². The second-order valence-electron chi connectivity index (χ2n) is 5.94. The average molecular weight is 351 g/mol. The van der Waals surface area contributed by atoms with Crippen molar-refractivity contribution in [2.45, 2.75) is 31.7 Å². The van der Waals surface area contributed by atoms with E-state index in [4.69, 9.17) is 26.8 Å². The molecule has 128 valence electrons. The largest absolute Gasteiger partial charge is 0.454 e. The highest BCUT2D eigenvalue weighted by Crippen LogP contribution is 2.40. The summed E-state index contributed by atoms with van der Waals surface area (Å²) in [5, 5.41) is 0.432. The summed E-state index contributed by atoms with van der Waals surface area (Å²) in [6.07, 6.45) is 7.03. The quantitative estimate of drug-likeness (QED) is 0.826. The SMILES string of the molecule is NC(=O)CN(C(=O)/C=C/c1cc(Cl)c2c(c1)OCO2)C1CCCC1. The fourth-order valence-corrected chi connectivity index (χ4v) is 3.39. The number of nitrogens with zero attached hydrogens (tertiary/aromatic N) is 1. The lowest BCUT2D eigenvalue weighted by molar-refractivity contribution is -0.133. The molecule has 1 fully saturated rings. The number of carbonyl (C=O) groups is 2. The number of primary amides is 1. The van der Waals surface area contributed by atoms with Crippen LogP contribution in [0.2, 0.25) is 5.02 Å². The molecule has 1 aliphatic carbocycles. The molecule has 0 radical (unpaired) electrons. The molecule has 1 aromatic carbocycles. The maximum atomic E-state index is 12.5. The van der Waals surface area contributed by atoms with Crippen LogP contribution in [0.1, 0.15) is 31.2 Å². The highest BCUT2D eigenvalue weighted by atomic mass is 35.5. The van der Waals surface area contributed by atoms with E-state index >= 15 is 0 Å². The number of halogens is 1. The van der Waals surface area contributed by atoms with Gasteiger partial charge in [-0.05, 0) is 36.6 Å². The van der Waals surface area contributed by atoms with Crippen LogP contribution < -0.4 is 15.2 Å². The summed E-state index contributed by atoms with van der Waals surface area (Å²) in [7, 11) is 0. The van der Waals surface area contributed by atoms with Gasteiger partial charge >= 0.3 is 0 Å². The van der Waals surface area contributed by atoms with Crippen molar-refractivity contribution in [1.29, 1.82) is 0 Å². The predicted octanol–water partition coefficient (Wildman–Crippen LogP) is 2.34. The van der Waals surface area contributed by atoms with Crippen LogP contribution in [0, 0.1) is 0 Å². The standard InChI is InChI=1S/C17H19ClN2O4/c18-13-7-11(8-14-17(13)24-10-23-14)5-6-16(22)20(9-15(19)21)12-3-1-2-4-12/h5-8,12H,1-4,9-10H2,(H2,19,21)/b6-5+. The first-order chi connectivity index (χ1) is 11.5. The minimum atomic E-state index is -0.505. The lowest BCUT2D eigenvalue weighted by Crippen LogP contribution is -2.43. The van der Waals surface area contributed by atoms with Crippen LogP contribution >= 0.6 is 11.6 Å². The molecule has 6 nitrogen and oxygen atoms in total. The number of ether oxygens (including phenoxy) is 2. The van der Waals surface area contributed by atoms with Crippen LogP contribution in [-0.2, 0) is 9.59 Å². The van der Waals surface area contributed by atoms with Gasteiger partial charge in [-0.15, -0.1) is 0 Å². The van der Waals surface area contributed by atoms with Gasteiger partial charge in [0.05, 0.1) is 11.6 Å². The summed E-state index contributed by atoms with van der Waals surface area (Å²) in [5.74, 6) is 0.338. The number of nitrogens with two attached hydrogens (primary N) is 1. The molecule has 7 heteroatoms. The third-order valence-corrected chi connectivity index (χ3v) is 4.52. The van der Waals surface area contributed by atoms with Crippen LogP contribution in [0.15, 0.2) is 18.2 Å². The molecule has 0 aromatic heterocycles. The average Bonchev–Trinajstić information content (AvgIpc) is 3.21. The van der Waals surface area contributed by atoms with Gasteiger partial charge in [0.1, 0.15) is 0 Å². The Morgan fingerprint density at radius 3 is 2.75 bits per heavy atom. The zero-order valence-corrected chi connectivity index (χ0v) is 13.9. The number of rotatable bonds is 5. The maximum absolute atomic E-state index is 12.5. The van der Waals surface area contributed by atoms with Gasteiger partial charge in [0.2, 0.25) is 18.6 Å². The highest BCUT2D eigenvalue weighted by Gasteiger charge is 2.26. The minimum absolute atomic E-state index is 0.0598. The molecule has 2 N–H and O–H groups in total. The van der Waals surface area contributed by atoms with Crippen LogP contribution in [0.5, 0.6) is 11.5 Å². The smallest absolute Gasteiger partial charge is 0.247 e. The van der Waals surface area contributed by atoms with E-state index in [1.54, 1.807) is 23.1 Å². The Morgan fingerprint density at radius 1 is 1.29 bits per heavy atom. The first kappa shape index (κ1) is 16.6. The van der Waals surface area contributed by atoms with Crippen molar-refractivity contribution in [3.05, 3.63) is 28.8 Å². The molecular weight excluding hydrogens is 332 g/mol. The Balaban J connectivity index is 1.75. The Hall–Kier alpha value is -2.21. The van der Waals surface area contributed by atoms with Crippen molar-refractivity contribution >= 4 is 29.5 Å².